The van der Waals surface area contributed by atoms with E-state index in [-0.39, 0.29) is 12.0 Å². The van der Waals surface area contributed by atoms with Gasteiger partial charge in [0.25, 0.3) is 5.91 Å². The highest BCUT2D eigenvalue weighted by molar-refractivity contribution is 5.92. The molecule has 2 heterocycles. The summed E-state index contributed by atoms with van der Waals surface area (Å²) in [5.41, 5.74) is 1.41. The number of aryl methyl sites for hydroxylation is 1. The molecule has 1 aliphatic heterocycles. The van der Waals surface area contributed by atoms with Gasteiger partial charge in [0.05, 0.1) is 12.7 Å². The van der Waals surface area contributed by atoms with E-state index in [1.165, 1.54) is 12.8 Å². The third kappa shape index (κ3) is 4.05. The smallest absolute Gasteiger partial charge is 0.272 e. The maximum Gasteiger partial charge on any atom is 0.272 e. The summed E-state index contributed by atoms with van der Waals surface area (Å²) >= 11 is 0. The topological polar surface area (TPSA) is 45.7 Å². The van der Waals surface area contributed by atoms with Crippen LogP contribution in [0.1, 0.15) is 29.0 Å². The van der Waals surface area contributed by atoms with Gasteiger partial charge in [0.1, 0.15) is 5.69 Å². The van der Waals surface area contributed by atoms with Crippen LogP contribution in [0.3, 0.4) is 0 Å². The molecule has 0 radical (unpaired) electrons. The van der Waals surface area contributed by atoms with Gasteiger partial charge in [-0.25, -0.2) is 4.98 Å². The molecule has 120 valence electrons. The second-order valence-corrected chi connectivity index (χ2v) is 6.57. The second kappa shape index (κ2) is 6.75. The maximum absolute atomic E-state index is 12.6. The Morgan fingerprint density at radius 3 is 2.95 bits per heavy atom. The van der Waals surface area contributed by atoms with E-state index in [1.807, 2.05) is 24.0 Å². The van der Waals surface area contributed by atoms with Crippen molar-refractivity contribution in [1.29, 1.82) is 0 Å². The molecular formula is C17H25N3O2. The lowest BCUT2D eigenvalue weighted by Gasteiger charge is -2.34. The van der Waals surface area contributed by atoms with Gasteiger partial charge >= 0.3 is 0 Å². The third-order valence-electron chi connectivity index (χ3n) is 4.32. The molecule has 1 aromatic rings. The normalized spacial score (nSPS) is 22.1. The van der Waals surface area contributed by atoms with Gasteiger partial charge in [-0.3, -0.25) is 4.79 Å². The van der Waals surface area contributed by atoms with Crippen LogP contribution in [0, 0.1) is 12.8 Å². The van der Waals surface area contributed by atoms with E-state index in [0.717, 1.165) is 24.7 Å². The zero-order valence-electron chi connectivity index (χ0n) is 13.5. The van der Waals surface area contributed by atoms with Crippen LogP contribution < -0.4 is 0 Å². The molecule has 1 aliphatic carbocycles. The van der Waals surface area contributed by atoms with E-state index in [1.54, 1.807) is 6.07 Å². The molecule has 1 saturated carbocycles. The minimum atomic E-state index is 0.0156. The fraction of sp³-hybridized carbons (Fsp3) is 0.647. The van der Waals surface area contributed by atoms with Gasteiger partial charge in [-0.15, -0.1) is 0 Å². The Morgan fingerprint density at radius 2 is 2.23 bits per heavy atom. The summed E-state index contributed by atoms with van der Waals surface area (Å²) in [6, 6.07) is 5.58. The first kappa shape index (κ1) is 15.4. The highest BCUT2D eigenvalue weighted by Gasteiger charge is 2.28. The van der Waals surface area contributed by atoms with Crippen LogP contribution in [0.25, 0.3) is 0 Å². The molecule has 0 aromatic carbocycles. The average molecular weight is 303 g/mol. The van der Waals surface area contributed by atoms with Crippen LogP contribution in [-0.4, -0.2) is 66.6 Å². The fourth-order valence-electron chi connectivity index (χ4n) is 3.00. The Balaban J connectivity index is 1.56. The number of morpholine rings is 1. The Kier molecular flexibility index (Phi) is 4.74. The van der Waals surface area contributed by atoms with Crippen molar-refractivity contribution in [2.24, 2.45) is 5.92 Å². The predicted octanol–water partition coefficient (Wildman–Crippen LogP) is 1.57. The van der Waals surface area contributed by atoms with Gasteiger partial charge in [0, 0.05) is 31.9 Å². The highest BCUT2D eigenvalue weighted by Crippen LogP contribution is 2.29. The van der Waals surface area contributed by atoms with Crippen molar-refractivity contribution in [1.82, 2.24) is 14.8 Å². The lowest BCUT2D eigenvalue weighted by Crippen LogP contribution is -2.49. The van der Waals surface area contributed by atoms with Crippen LogP contribution in [0.5, 0.6) is 0 Å². The number of hydrogen-bond donors (Lipinski definition) is 0. The van der Waals surface area contributed by atoms with Crippen molar-refractivity contribution in [3.05, 3.63) is 29.6 Å². The van der Waals surface area contributed by atoms with E-state index in [9.17, 15) is 4.79 Å². The number of nitrogens with zero attached hydrogens (tertiary/aromatic N) is 3. The van der Waals surface area contributed by atoms with E-state index in [2.05, 4.69) is 16.9 Å². The van der Waals surface area contributed by atoms with Crippen LogP contribution in [0.2, 0.25) is 0 Å². The molecule has 2 fully saturated rings. The van der Waals surface area contributed by atoms with E-state index < -0.39 is 0 Å². The van der Waals surface area contributed by atoms with Crippen molar-refractivity contribution in [3.63, 3.8) is 0 Å². The number of ether oxygens (including phenoxy) is 1. The van der Waals surface area contributed by atoms with Crippen molar-refractivity contribution < 1.29 is 9.53 Å². The molecule has 2 aliphatic rings. The quantitative estimate of drug-likeness (QED) is 0.828. The summed E-state index contributed by atoms with van der Waals surface area (Å²) in [6.07, 6.45) is 2.82. The first-order valence-corrected chi connectivity index (χ1v) is 8.15. The summed E-state index contributed by atoms with van der Waals surface area (Å²) < 4.78 is 5.83. The number of carbonyl (C=O) groups excluding carboxylic acids is 1. The molecule has 1 amide bonds. The van der Waals surface area contributed by atoms with Gasteiger partial charge < -0.3 is 14.5 Å². The largest absolute Gasteiger partial charge is 0.373 e. The second-order valence-electron chi connectivity index (χ2n) is 6.57. The Bertz CT molecular complexity index is 530. The number of hydrogen-bond acceptors (Lipinski definition) is 4. The number of aromatic nitrogens is 1. The molecule has 5 heteroatoms. The first-order valence-electron chi connectivity index (χ1n) is 8.15. The molecule has 0 spiro atoms. The monoisotopic (exact) mass is 303 g/mol. The molecule has 0 bridgehead atoms. The molecule has 1 atom stereocenters. The Hall–Kier alpha value is -1.46. The molecule has 1 aromatic heterocycles. The number of rotatable bonds is 5. The van der Waals surface area contributed by atoms with Crippen molar-refractivity contribution in [2.45, 2.75) is 25.9 Å². The van der Waals surface area contributed by atoms with Crippen LogP contribution in [0.4, 0.5) is 0 Å². The number of likely N-dealkylation sites (N-methyl/N-ethyl adjacent to an activating group) is 1. The summed E-state index contributed by atoms with van der Waals surface area (Å²) in [6.45, 7) is 5.86. The molecule has 1 saturated heterocycles. The molecule has 5 nitrogen and oxygen atoms in total. The van der Waals surface area contributed by atoms with Gasteiger partial charge in [-0.1, -0.05) is 6.07 Å². The number of amides is 1. The van der Waals surface area contributed by atoms with Crippen LogP contribution in [-0.2, 0) is 4.74 Å². The van der Waals surface area contributed by atoms with E-state index >= 15 is 0 Å². The zero-order valence-corrected chi connectivity index (χ0v) is 13.5. The maximum atomic E-state index is 12.6. The Labute approximate surface area is 132 Å². The minimum Gasteiger partial charge on any atom is -0.373 e. The standard InChI is InChI=1S/C17H25N3O2/c1-13-4-3-5-16(18-13)17(21)20-8-9-22-15(12-20)11-19(2)10-14-6-7-14/h3-5,14-15H,6-12H2,1-2H3/t15-/m1/s1. The van der Waals surface area contributed by atoms with E-state index in [4.69, 9.17) is 4.74 Å². The zero-order chi connectivity index (χ0) is 15.5. The van der Waals surface area contributed by atoms with Crippen LogP contribution in [0.15, 0.2) is 18.2 Å². The lowest BCUT2D eigenvalue weighted by atomic mass is 10.2. The number of carbonyl (C=O) groups is 1. The molecular weight excluding hydrogens is 278 g/mol. The summed E-state index contributed by atoms with van der Waals surface area (Å²) in [5, 5.41) is 0. The molecule has 0 N–H and O–H groups in total. The fourth-order valence-corrected chi connectivity index (χ4v) is 3.00. The summed E-state index contributed by atoms with van der Waals surface area (Å²) in [5.74, 6) is 0.893. The number of pyridine rings is 1. The molecule has 22 heavy (non-hydrogen) atoms. The third-order valence-corrected chi connectivity index (χ3v) is 4.32. The van der Waals surface area contributed by atoms with Gasteiger partial charge in [-0.05, 0) is 44.9 Å². The van der Waals surface area contributed by atoms with E-state index in [0.29, 0.717) is 25.4 Å². The lowest BCUT2D eigenvalue weighted by molar-refractivity contribution is -0.0335. The average Bonchev–Trinajstić information content (AvgIpc) is 3.30. The van der Waals surface area contributed by atoms with Crippen molar-refractivity contribution in [3.8, 4) is 0 Å². The van der Waals surface area contributed by atoms with Crippen molar-refractivity contribution in [2.75, 3.05) is 39.8 Å². The van der Waals surface area contributed by atoms with Crippen LogP contribution >= 0.6 is 0 Å². The van der Waals surface area contributed by atoms with Gasteiger partial charge in [0.15, 0.2) is 0 Å². The van der Waals surface area contributed by atoms with Gasteiger partial charge in [0.2, 0.25) is 0 Å². The minimum absolute atomic E-state index is 0.0156. The SMILES string of the molecule is Cc1cccc(C(=O)N2CCO[C@H](CN(C)CC3CC3)C2)n1. The molecule has 0 unspecified atom stereocenters. The summed E-state index contributed by atoms with van der Waals surface area (Å²) in [4.78, 5) is 21.1. The van der Waals surface area contributed by atoms with Gasteiger partial charge in [-0.2, -0.15) is 0 Å². The first-order chi connectivity index (χ1) is 10.6. The Morgan fingerprint density at radius 1 is 1.41 bits per heavy atom. The summed E-state index contributed by atoms with van der Waals surface area (Å²) in [7, 11) is 2.14. The molecule has 3 rings (SSSR count). The van der Waals surface area contributed by atoms with Crippen molar-refractivity contribution >= 4 is 5.91 Å². The highest BCUT2D eigenvalue weighted by atomic mass is 16.5. The predicted molar refractivity (Wildman–Crippen MR) is 84.8 cm³/mol.